The van der Waals surface area contributed by atoms with Crippen LogP contribution in [0.3, 0.4) is 0 Å². The quantitative estimate of drug-likeness (QED) is 0.403. The third-order valence-electron chi connectivity index (χ3n) is 4.68. The van der Waals surface area contributed by atoms with Gasteiger partial charge >= 0.3 is 5.97 Å². The van der Waals surface area contributed by atoms with E-state index in [0.29, 0.717) is 12.5 Å². The minimum absolute atomic E-state index is 0.142. The Labute approximate surface area is 172 Å². The summed E-state index contributed by atoms with van der Waals surface area (Å²) < 4.78 is 5.06. The third-order valence-corrected chi connectivity index (χ3v) is 4.68. The number of carbonyl (C=O) groups is 2. The predicted octanol–water partition coefficient (Wildman–Crippen LogP) is 4.23. The second-order valence-corrected chi connectivity index (χ2v) is 7.24. The molecule has 29 heavy (non-hydrogen) atoms. The molecule has 2 aromatic carbocycles. The number of nitriles is 1. The van der Waals surface area contributed by atoms with E-state index in [1.807, 2.05) is 61.5 Å². The third kappa shape index (κ3) is 6.32. The van der Waals surface area contributed by atoms with Crippen molar-refractivity contribution < 1.29 is 14.3 Å². The molecule has 0 atom stereocenters. The lowest BCUT2D eigenvalue weighted by Crippen LogP contribution is -2.31. The number of rotatable bonds is 7. The molecule has 0 saturated heterocycles. The first-order valence-corrected chi connectivity index (χ1v) is 9.49. The van der Waals surface area contributed by atoms with Gasteiger partial charge in [0.25, 0.3) is 5.91 Å². The molecule has 0 heterocycles. The molecule has 0 aliphatic carbocycles. The number of ether oxygens (including phenoxy) is 1. The number of carbonyl (C=O) groups excluding carboxylic acids is 2. The summed E-state index contributed by atoms with van der Waals surface area (Å²) in [5, 5.41) is 9.29. The Balaban J connectivity index is 1.96. The van der Waals surface area contributed by atoms with E-state index in [1.54, 1.807) is 7.05 Å². The summed E-state index contributed by atoms with van der Waals surface area (Å²) >= 11 is 0. The zero-order valence-electron chi connectivity index (χ0n) is 17.3. The number of nitrogens with zero attached hydrogens (tertiary/aromatic N) is 2. The highest BCUT2D eigenvalue weighted by Gasteiger charge is 2.16. The van der Waals surface area contributed by atoms with Gasteiger partial charge in [0, 0.05) is 13.6 Å². The SMILES string of the molecule is Cc1ccccc1CN(C)C(=O)COC(=O)/C(C#N)=C/c1ccc(C(C)C)cc1. The Hall–Kier alpha value is -3.39. The molecule has 2 aromatic rings. The molecule has 1 amide bonds. The average molecular weight is 390 g/mol. The Morgan fingerprint density at radius 1 is 1.14 bits per heavy atom. The molecule has 5 heteroatoms. The van der Waals surface area contributed by atoms with Crippen LogP contribution in [-0.4, -0.2) is 30.4 Å². The summed E-state index contributed by atoms with van der Waals surface area (Å²) in [4.78, 5) is 26.0. The maximum atomic E-state index is 12.3. The van der Waals surface area contributed by atoms with Crippen molar-refractivity contribution in [3.05, 3.63) is 76.4 Å². The maximum Gasteiger partial charge on any atom is 0.349 e. The molecule has 0 aliphatic rings. The number of aryl methyl sites for hydroxylation is 1. The minimum atomic E-state index is -0.807. The number of hydrogen-bond donors (Lipinski definition) is 0. The molecule has 0 unspecified atom stereocenters. The van der Waals surface area contributed by atoms with E-state index in [2.05, 4.69) is 13.8 Å². The van der Waals surface area contributed by atoms with Gasteiger partial charge in [0.2, 0.25) is 0 Å². The Kier molecular flexibility index (Phi) is 7.73. The van der Waals surface area contributed by atoms with Crippen LogP contribution in [0.1, 0.15) is 42.0 Å². The number of hydrogen-bond acceptors (Lipinski definition) is 4. The van der Waals surface area contributed by atoms with Crippen molar-refractivity contribution in [1.82, 2.24) is 4.90 Å². The lowest BCUT2D eigenvalue weighted by molar-refractivity contribution is -0.148. The van der Waals surface area contributed by atoms with Crippen LogP contribution in [0.15, 0.2) is 54.1 Å². The molecule has 5 nitrogen and oxygen atoms in total. The largest absolute Gasteiger partial charge is 0.451 e. The molecule has 0 saturated carbocycles. The van der Waals surface area contributed by atoms with E-state index < -0.39 is 12.6 Å². The standard InChI is InChI=1S/C24H26N2O3/c1-17(2)20-11-9-19(10-12-20)13-22(14-25)24(28)29-16-23(27)26(4)15-21-8-6-5-7-18(21)3/h5-13,17H,15-16H2,1-4H3/b22-13+. The molecule has 0 N–H and O–H groups in total. The van der Waals surface area contributed by atoms with Gasteiger partial charge in [0.15, 0.2) is 6.61 Å². The van der Waals surface area contributed by atoms with Gasteiger partial charge in [0.1, 0.15) is 11.6 Å². The van der Waals surface area contributed by atoms with Gasteiger partial charge in [-0.1, -0.05) is 62.4 Å². The fraction of sp³-hybridized carbons (Fsp3) is 0.292. The monoisotopic (exact) mass is 390 g/mol. The van der Waals surface area contributed by atoms with Crippen LogP contribution in [0.2, 0.25) is 0 Å². The first kappa shape index (κ1) is 21.9. The number of amides is 1. The van der Waals surface area contributed by atoms with E-state index in [4.69, 9.17) is 4.74 Å². The van der Waals surface area contributed by atoms with Crippen molar-refractivity contribution >= 4 is 18.0 Å². The summed E-state index contributed by atoms with van der Waals surface area (Å²) in [5.41, 5.74) is 3.87. The van der Waals surface area contributed by atoms with Crippen LogP contribution in [0.25, 0.3) is 6.08 Å². The number of likely N-dealkylation sites (N-methyl/N-ethyl adjacent to an activating group) is 1. The van der Waals surface area contributed by atoms with Gasteiger partial charge in [0.05, 0.1) is 0 Å². The average Bonchev–Trinajstić information content (AvgIpc) is 2.71. The first-order chi connectivity index (χ1) is 13.8. The zero-order chi connectivity index (χ0) is 21.4. The Bertz CT molecular complexity index is 937. The first-order valence-electron chi connectivity index (χ1n) is 9.49. The predicted molar refractivity (Wildman–Crippen MR) is 113 cm³/mol. The number of benzene rings is 2. The van der Waals surface area contributed by atoms with Crippen LogP contribution < -0.4 is 0 Å². The molecule has 0 bridgehead atoms. The highest BCUT2D eigenvalue weighted by Crippen LogP contribution is 2.16. The highest BCUT2D eigenvalue weighted by molar-refractivity contribution is 5.98. The van der Waals surface area contributed by atoms with Crippen molar-refractivity contribution in [2.45, 2.75) is 33.2 Å². The van der Waals surface area contributed by atoms with Gasteiger partial charge in [-0.15, -0.1) is 0 Å². The molecule has 0 aromatic heterocycles. The zero-order valence-corrected chi connectivity index (χ0v) is 17.3. The van der Waals surface area contributed by atoms with Gasteiger partial charge in [-0.25, -0.2) is 4.79 Å². The van der Waals surface area contributed by atoms with Crippen molar-refractivity contribution in [3.8, 4) is 6.07 Å². The van der Waals surface area contributed by atoms with Crippen LogP contribution in [0.5, 0.6) is 0 Å². The molecule has 0 aliphatic heterocycles. The summed E-state index contributed by atoms with van der Waals surface area (Å²) in [6.07, 6.45) is 1.47. The van der Waals surface area contributed by atoms with Crippen molar-refractivity contribution in [2.75, 3.05) is 13.7 Å². The Morgan fingerprint density at radius 3 is 2.38 bits per heavy atom. The van der Waals surface area contributed by atoms with Gasteiger partial charge < -0.3 is 9.64 Å². The fourth-order valence-electron chi connectivity index (χ4n) is 2.73. The van der Waals surface area contributed by atoms with Crippen LogP contribution >= 0.6 is 0 Å². The second-order valence-electron chi connectivity index (χ2n) is 7.24. The second kappa shape index (κ2) is 10.2. The summed E-state index contributed by atoms with van der Waals surface area (Å²) in [6.45, 7) is 6.18. The smallest absolute Gasteiger partial charge is 0.349 e. The van der Waals surface area contributed by atoms with Crippen molar-refractivity contribution in [2.24, 2.45) is 0 Å². The maximum absolute atomic E-state index is 12.3. The van der Waals surface area contributed by atoms with Crippen LogP contribution in [0, 0.1) is 18.3 Å². The van der Waals surface area contributed by atoms with Crippen LogP contribution in [-0.2, 0) is 20.9 Å². The van der Waals surface area contributed by atoms with E-state index in [0.717, 1.165) is 16.7 Å². The summed E-state index contributed by atoms with van der Waals surface area (Å²) in [5.74, 6) is -0.741. The van der Waals surface area contributed by atoms with E-state index in [1.165, 1.54) is 16.5 Å². The molecular weight excluding hydrogens is 364 g/mol. The fourth-order valence-corrected chi connectivity index (χ4v) is 2.73. The minimum Gasteiger partial charge on any atom is -0.451 e. The van der Waals surface area contributed by atoms with Gasteiger partial charge in [-0.3, -0.25) is 4.79 Å². The van der Waals surface area contributed by atoms with E-state index >= 15 is 0 Å². The normalized spacial score (nSPS) is 11.1. The number of esters is 1. The Morgan fingerprint density at radius 2 is 1.79 bits per heavy atom. The molecule has 0 radical (unpaired) electrons. The molecular formula is C24H26N2O3. The highest BCUT2D eigenvalue weighted by atomic mass is 16.5. The van der Waals surface area contributed by atoms with E-state index in [-0.39, 0.29) is 11.5 Å². The van der Waals surface area contributed by atoms with Crippen molar-refractivity contribution in [1.29, 1.82) is 5.26 Å². The lowest BCUT2D eigenvalue weighted by Gasteiger charge is -2.18. The lowest BCUT2D eigenvalue weighted by atomic mass is 10.0. The summed E-state index contributed by atoms with van der Waals surface area (Å²) in [7, 11) is 1.65. The molecule has 2 rings (SSSR count). The van der Waals surface area contributed by atoms with Crippen molar-refractivity contribution in [3.63, 3.8) is 0 Å². The topological polar surface area (TPSA) is 70.4 Å². The van der Waals surface area contributed by atoms with Crippen LogP contribution in [0.4, 0.5) is 0 Å². The molecule has 150 valence electrons. The van der Waals surface area contributed by atoms with Gasteiger partial charge in [-0.05, 0) is 41.2 Å². The van der Waals surface area contributed by atoms with E-state index in [9.17, 15) is 14.9 Å². The summed E-state index contributed by atoms with van der Waals surface area (Å²) in [6, 6.07) is 17.2. The molecule has 0 spiro atoms. The van der Waals surface area contributed by atoms with Gasteiger partial charge in [-0.2, -0.15) is 5.26 Å². The molecule has 0 fully saturated rings.